The van der Waals surface area contributed by atoms with Gasteiger partial charge in [0.1, 0.15) is 5.82 Å². The number of carbonyl (C=O) groups excluding carboxylic acids is 1. The van der Waals surface area contributed by atoms with Gasteiger partial charge in [0, 0.05) is 23.1 Å². The number of nitrogens with zero attached hydrogens (tertiary/aromatic N) is 5. The van der Waals surface area contributed by atoms with Gasteiger partial charge in [0.25, 0.3) is 17.2 Å². The molecule has 0 saturated heterocycles. The zero-order valence-electron chi connectivity index (χ0n) is 24.7. The van der Waals surface area contributed by atoms with Crippen LogP contribution in [0.25, 0.3) is 6.08 Å². The maximum Gasteiger partial charge on any atom is 0.283 e. The van der Waals surface area contributed by atoms with Crippen molar-refractivity contribution in [1.29, 1.82) is 0 Å². The highest BCUT2D eigenvalue weighted by Crippen LogP contribution is 2.34. The summed E-state index contributed by atoms with van der Waals surface area (Å²) in [6, 6.07) is 20.1. The van der Waals surface area contributed by atoms with Crippen LogP contribution in [0.3, 0.4) is 0 Å². The molecule has 0 aliphatic carbocycles. The van der Waals surface area contributed by atoms with Crippen molar-refractivity contribution in [3.8, 4) is 0 Å². The van der Waals surface area contributed by atoms with E-state index in [0.29, 0.717) is 37.4 Å². The molecule has 1 amide bonds. The second kappa shape index (κ2) is 12.6. The third kappa shape index (κ3) is 6.28. The number of aromatic nitrogens is 3. The van der Waals surface area contributed by atoms with Crippen molar-refractivity contribution in [3.63, 3.8) is 0 Å². The monoisotopic (exact) mass is 652 g/mol. The quantitative estimate of drug-likeness (QED) is 0.140. The van der Waals surface area contributed by atoms with E-state index >= 15 is 0 Å². The second-order valence-corrected chi connectivity index (χ2v) is 12.5. The molecule has 1 aliphatic rings. The van der Waals surface area contributed by atoms with E-state index in [9.17, 15) is 24.1 Å². The molecule has 230 valence electrons. The number of nitrogens with one attached hydrogen (secondary N) is 1. The van der Waals surface area contributed by atoms with Crippen LogP contribution in [-0.4, -0.2) is 25.4 Å². The molecule has 6 rings (SSSR count). The zero-order valence-corrected chi connectivity index (χ0v) is 26.4. The molecule has 1 N–H and O–H groups in total. The number of thiazole rings is 1. The van der Waals surface area contributed by atoms with Crippen molar-refractivity contribution in [2.24, 2.45) is 4.99 Å². The number of nitro groups is 1. The van der Waals surface area contributed by atoms with Gasteiger partial charge in [-0.1, -0.05) is 47.7 Å². The molecule has 0 saturated carbocycles. The van der Waals surface area contributed by atoms with Crippen LogP contribution in [0.15, 0.2) is 110 Å². The summed E-state index contributed by atoms with van der Waals surface area (Å²) in [7, 11) is 0. The highest BCUT2D eigenvalue weighted by atomic mass is 32.2. The normalized spacial score (nSPS) is 14.5. The number of rotatable bonds is 7. The summed E-state index contributed by atoms with van der Waals surface area (Å²) in [5, 5.41) is 15.3. The van der Waals surface area contributed by atoms with E-state index < -0.39 is 28.2 Å². The van der Waals surface area contributed by atoms with E-state index in [1.165, 1.54) is 34.9 Å². The number of aryl methyl sites for hydroxylation is 2. The van der Waals surface area contributed by atoms with Gasteiger partial charge in [-0.15, -0.1) is 0 Å². The number of nitro benzene ring substituents is 1. The number of anilines is 1. The van der Waals surface area contributed by atoms with Crippen LogP contribution in [0.4, 0.5) is 15.8 Å². The van der Waals surface area contributed by atoms with E-state index in [2.05, 4.69) is 20.3 Å². The third-order valence-electron chi connectivity index (χ3n) is 7.12. The Kier molecular flexibility index (Phi) is 8.43. The minimum atomic E-state index is -0.895. The molecule has 1 atom stereocenters. The first-order valence-corrected chi connectivity index (χ1v) is 15.6. The van der Waals surface area contributed by atoms with Gasteiger partial charge in [-0.2, -0.15) is 0 Å². The third-order valence-corrected chi connectivity index (χ3v) is 9.04. The molecule has 0 unspecified atom stereocenters. The first-order valence-electron chi connectivity index (χ1n) is 14.0. The number of benzene rings is 3. The number of halogens is 1. The van der Waals surface area contributed by atoms with Crippen molar-refractivity contribution in [2.45, 2.75) is 36.9 Å². The van der Waals surface area contributed by atoms with E-state index in [4.69, 9.17) is 0 Å². The Balaban J connectivity index is 1.43. The molecular formula is C33H25FN6O4S2. The lowest BCUT2D eigenvalue weighted by Crippen LogP contribution is -2.40. The van der Waals surface area contributed by atoms with E-state index in [-0.39, 0.29) is 15.8 Å². The van der Waals surface area contributed by atoms with Crippen LogP contribution < -0.4 is 20.2 Å². The van der Waals surface area contributed by atoms with Crippen LogP contribution in [0.1, 0.15) is 35.5 Å². The smallest absolute Gasteiger partial charge is 0.283 e. The molecule has 13 heteroatoms. The van der Waals surface area contributed by atoms with Crippen molar-refractivity contribution in [2.75, 3.05) is 5.32 Å². The molecule has 10 nitrogen and oxygen atoms in total. The second-order valence-electron chi connectivity index (χ2n) is 10.5. The average molecular weight is 653 g/mol. The van der Waals surface area contributed by atoms with Gasteiger partial charge in [0.05, 0.1) is 31.7 Å². The number of para-hydroxylation sites is 1. The Morgan fingerprint density at radius 1 is 1.02 bits per heavy atom. The van der Waals surface area contributed by atoms with E-state index in [1.807, 2.05) is 26.0 Å². The lowest BCUT2D eigenvalue weighted by Gasteiger charge is -2.25. The lowest BCUT2D eigenvalue weighted by molar-refractivity contribution is -0.387. The number of fused-ring (bicyclic) bond motifs is 1. The van der Waals surface area contributed by atoms with Crippen molar-refractivity contribution in [3.05, 3.63) is 148 Å². The largest absolute Gasteiger partial charge is 0.322 e. The molecule has 1 aliphatic heterocycles. The molecule has 0 fully saturated rings. The van der Waals surface area contributed by atoms with Gasteiger partial charge in [-0.25, -0.2) is 19.4 Å². The van der Waals surface area contributed by atoms with Gasteiger partial charge < -0.3 is 5.32 Å². The van der Waals surface area contributed by atoms with Gasteiger partial charge in [-0.3, -0.25) is 24.3 Å². The molecule has 0 spiro atoms. The summed E-state index contributed by atoms with van der Waals surface area (Å²) in [6.45, 7) is 5.34. The maximum atomic E-state index is 14.0. The summed E-state index contributed by atoms with van der Waals surface area (Å²) in [5.41, 5.74) is 3.05. The predicted octanol–water partition coefficient (Wildman–Crippen LogP) is 5.48. The molecular weight excluding hydrogens is 628 g/mol. The van der Waals surface area contributed by atoms with Gasteiger partial charge in [0.15, 0.2) is 9.96 Å². The summed E-state index contributed by atoms with van der Waals surface area (Å²) in [5.74, 6) is -0.910. The molecule has 3 heterocycles. The minimum absolute atomic E-state index is 0.158. The standard InChI is InChI=1S/C33H25FN6O4S2/c1-18-15-19(2)36-32(35-18)45-26-14-9-21(16-25(26)40(43)44)17-27-31(42)39-29(22-10-12-23(34)13-11-22)28(20(3)37-33(39)46-27)30(41)38-24-7-5-4-6-8-24/h4-17,29H,1-3H3,(H,38,41)/b27-17+/t29-/m1/s1. The Morgan fingerprint density at radius 2 is 1.72 bits per heavy atom. The average Bonchev–Trinajstić information content (AvgIpc) is 3.31. The van der Waals surface area contributed by atoms with Crippen LogP contribution >= 0.6 is 23.1 Å². The first kappa shape index (κ1) is 30.7. The molecule has 0 bridgehead atoms. The fourth-order valence-electron chi connectivity index (χ4n) is 5.13. The van der Waals surface area contributed by atoms with Crippen LogP contribution in [0, 0.1) is 29.8 Å². The molecule has 2 aromatic heterocycles. The maximum absolute atomic E-state index is 14.0. The van der Waals surface area contributed by atoms with Crippen LogP contribution in [0.5, 0.6) is 0 Å². The van der Waals surface area contributed by atoms with Crippen molar-refractivity contribution in [1.82, 2.24) is 14.5 Å². The fraction of sp³-hybridized carbons (Fsp3) is 0.121. The lowest BCUT2D eigenvalue weighted by atomic mass is 9.95. The van der Waals surface area contributed by atoms with Gasteiger partial charge in [-0.05, 0) is 86.1 Å². The topological polar surface area (TPSA) is 132 Å². The molecule has 46 heavy (non-hydrogen) atoms. The molecule has 0 radical (unpaired) electrons. The number of amides is 1. The summed E-state index contributed by atoms with van der Waals surface area (Å²) in [4.78, 5) is 53.3. The Labute approximate surface area is 269 Å². The summed E-state index contributed by atoms with van der Waals surface area (Å²) < 4.78 is 15.6. The SMILES string of the molecule is CC1=C(C(=O)Nc2ccccc2)[C@@H](c2ccc(F)cc2)n2c(s/c(=C/c3ccc(Sc4nc(C)cc(C)n4)c([N+](=O)[O-])c3)c2=O)=N1. The van der Waals surface area contributed by atoms with Crippen molar-refractivity contribution >= 4 is 46.5 Å². The molecule has 5 aromatic rings. The highest BCUT2D eigenvalue weighted by Gasteiger charge is 2.32. The Hall–Kier alpha value is -5.27. The summed E-state index contributed by atoms with van der Waals surface area (Å²) in [6.07, 6.45) is 1.56. The highest BCUT2D eigenvalue weighted by molar-refractivity contribution is 7.99. The minimum Gasteiger partial charge on any atom is -0.322 e. The number of hydrogen-bond acceptors (Lipinski definition) is 9. The predicted molar refractivity (Wildman–Crippen MR) is 174 cm³/mol. The van der Waals surface area contributed by atoms with Crippen LogP contribution in [-0.2, 0) is 4.79 Å². The fourth-order valence-corrected chi connectivity index (χ4v) is 7.13. The van der Waals surface area contributed by atoms with E-state index in [0.717, 1.165) is 34.5 Å². The Morgan fingerprint density at radius 3 is 2.39 bits per heavy atom. The first-order chi connectivity index (χ1) is 22.1. The Bertz CT molecular complexity index is 2210. The number of hydrogen-bond donors (Lipinski definition) is 1. The molecule has 3 aromatic carbocycles. The summed E-state index contributed by atoms with van der Waals surface area (Å²) >= 11 is 2.18. The number of allylic oxidation sites excluding steroid dienone is 1. The van der Waals surface area contributed by atoms with Gasteiger partial charge in [0.2, 0.25) is 0 Å². The van der Waals surface area contributed by atoms with Crippen LogP contribution in [0.2, 0.25) is 0 Å². The van der Waals surface area contributed by atoms with Gasteiger partial charge >= 0.3 is 0 Å². The van der Waals surface area contributed by atoms with Crippen molar-refractivity contribution < 1.29 is 14.1 Å². The van der Waals surface area contributed by atoms with E-state index in [1.54, 1.807) is 49.4 Å². The number of carbonyl (C=O) groups is 1. The zero-order chi connectivity index (χ0) is 32.5.